The van der Waals surface area contributed by atoms with Crippen molar-refractivity contribution in [2.24, 2.45) is 17.6 Å². The number of nitrogens with zero attached hydrogens (tertiary/aromatic N) is 1. The summed E-state index contributed by atoms with van der Waals surface area (Å²) in [6.45, 7) is 3.45. The minimum absolute atomic E-state index is 0. The molecule has 1 heterocycles. The van der Waals surface area contributed by atoms with Crippen LogP contribution in [0.2, 0.25) is 0 Å². The Labute approximate surface area is 167 Å². The lowest BCUT2D eigenvalue weighted by molar-refractivity contribution is -0.137. The maximum absolute atomic E-state index is 12.7. The molecule has 1 amide bonds. The third-order valence-corrected chi connectivity index (χ3v) is 5.85. The number of likely N-dealkylation sites (tertiary alicyclic amines) is 1. The van der Waals surface area contributed by atoms with Gasteiger partial charge >= 0.3 is 0 Å². The highest BCUT2D eigenvalue weighted by molar-refractivity contribution is 5.85. The van der Waals surface area contributed by atoms with Crippen LogP contribution >= 0.6 is 12.4 Å². The van der Waals surface area contributed by atoms with Crippen LogP contribution in [0.15, 0.2) is 54.6 Å². The van der Waals surface area contributed by atoms with E-state index in [1.54, 1.807) is 0 Å². The predicted molar refractivity (Wildman–Crippen MR) is 110 cm³/mol. The molecule has 0 radical (unpaired) electrons. The van der Waals surface area contributed by atoms with E-state index in [0.29, 0.717) is 11.8 Å². The van der Waals surface area contributed by atoms with E-state index in [-0.39, 0.29) is 24.4 Å². The van der Waals surface area contributed by atoms with Crippen LogP contribution < -0.4 is 10.5 Å². The summed E-state index contributed by atoms with van der Waals surface area (Å²) in [6, 6.07) is 18.4. The van der Waals surface area contributed by atoms with E-state index < -0.39 is 6.10 Å². The Bertz CT molecular complexity index is 766. The smallest absolute Gasteiger partial charge is 0.263 e. The van der Waals surface area contributed by atoms with Gasteiger partial charge in [-0.15, -0.1) is 12.4 Å². The van der Waals surface area contributed by atoms with Crippen molar-refractivity contribution in [1.29, 1.82) is 0 Å². The molecule has 27 heavy (non-hydrogen) atoms. The third-order valence-electron chi connectivity index (χ3n) is 5.85. The minimum atomic E-state index is -0.479. The number of amides is 1. The molecule has 4 atom stereocenters. The zero-order valence-corrected chi connectivity index (χ0v) is 16.4. The molecule has 0 bridgehead atoms. The first-order valence-electron chi connectivity index (χ1n) is 9.48. The number of halogens is 1. The first-order valence-corrected chi connectivity index (χ1v) is 9.48. The molecule has 2 fully saturated rings. The molecule has 4 nitrogen and oxygen atoms in total. The van der Waals surface area contributed by atoms with Gasteiger partial charge in [0.2, 0.25) is 0 Å². The summed E-state index contributed by atoms with van der Waals surface area (Å²) in [5, 5.41) is 0. The van der Waals surface area contributed by atoms with Gasteiger partial charge in [-0.3, -0.25) is 4.79 Å². The highest BCUT2D eigenvalue weighted by Crippen LogP contribution is 2.37. The minimum Gasteiger partial charge on any atom is -0.481 e. The number of hydrogen-bond donors (Lipinski definition) is 1. The molecular formula is C22H27ClN2O2. The number of rotatable bonds is 4. The summed E-state index contributed by atoms with van der Waals surface area (Å²) >= 11 is 0. The summed E-state index contributed by atoms with van der Waals surface area (Å²) < 4.78 is 5.91. The maximum Gasteiger partial charge on any atom is 0.263 e. The predicted octanol–water partition coefficient (Wildman–Crippen LogP) is 3.74. The largest absolute Gasteiger partial charge is 0.481 e. The molecule has 0 spiro atoms. The number of nitrogens with two attached hydrogens (primary N) is 1. The first-order chi connectivity index (χ1) is 12.6. The van der Waals surface area contributed by atoms with Gasteiger partial charge in [-0.1, -0.05) is 42.5 Å². The Morgan fingerprint density at radius 1 is 1.04 bits per heavy atom. The number of ether oxygens (including phenoxy) is 1. The van der Waals surface area contributed by atoms with E-state index in [9.17, 15) is 4.79 Å². The molecule has 1 saturated carbocycles. The SMILES string of the molecule is CC(Oc1ccc(-c2ccccc2)cc1)C(=O)N1CC2CCC(N)C2C1.Cl. The standard InChI is InChI=1S/C22H26N2O2.ClH/c1-15(22(25)24-13-18-9-12-21(23)20(18)14-24)26-19-10-7-17(8-11-19)16-5-3-2-4-6-16;/h2-8,10-11,15,18,20-21H,9,12-14,23H2,1H3;1H. The molecule has 2 aromatic carbocycles. The van der Waals surface area contributed by atoms with Crippen LogP contribution in [0.5, 0.6) is 5.75 Å². The number of carbonyl (C=O) groups excluding carboxylic acids is 1. The molecule has 1 aliphatic heterocycles. The van der Waals surface area contributed by atoms with Crippen molar-refractivity contribution in [2.45, 2.75) is 31.9 Å². The highest BCUT2D eigenvalue weighted by Gasteiger charge is 2.43. The summed E-state index contributed by atoms with van der Waals surface area (Å²) in [5.41, 5.74) is 8.48. The summed E-state index contributed by atoms with van der Waals surface area (Å²) in [4.78, 5) is 14.7. The second-order valence-electron chi connectivity index (χ2n) is 7.56. The third kappa shape index (κ3) is 4.12. The van der Waals surface area contributed by atoms with Crippen LogP contribution in [0.3, 0.4) is 0 Å². The van der Waals surface area contributed by atoms with Gasteiger partial charge in [0.15, 0.2) is 6.10 Å². The average Bonchev–Trinajstić information content (AvgIpc) is 3.24. The van der Waals surface area contributed by atoms with Gasteiger partial charge in [0.1, 0.15) is 5.75 Å². The molecule has 2 aliphatic rings. The Morgan fingerprint density at radius 3 is 2.37 bits per heavy atom. The Hall–Kier alpha value is -2.04. The Kier molecular flexibility index (Phi) is 6.08. The van der Waals surface area contributed by atoms with E-state index in [2.05, 4.69) is 12.1 Å². The normalized spacial score (nSPS) is 24.8. The quantitative estimate of drug-likeness (QED) is 0.870. The first kappa shape index (κ1) is 19.7. The van der Waals surface area contributed by atoms with Crippen molar-refractivity contribution >= 4 is 18.3 Å². The highest BCUT2D eigenvalue weighted by atomic mass is 35.5. The fourth-order valence-corrected chi connectivity index (χ4v) is 4.36. The molecule has 2 N–H and O–H groups in total. The molecule has 1 saturated heterocycles. The number of carbonyl (C=O) groups is 1. The number of hydrogen-bond acceptors (Lipinski definition) is 3. The van der Waals surface area contributed by atoms with Gasteiger partial charge in [-0.2, -0.15) is 0 Å². The molecule has 5 heteroatoms. The fraction of sp³-hybridized carbons (Fsp3) is 0.409. The van der Waals surface area contributed by atoms with Crippen LogP contribution in [0.1, 0.15) is 19.8 Å². The van der Waals surface area contributed by atoms with Crippen LogP contribution in [0.25, 0.3) is 11.1 Å². The Balaban J connectivity index is 0.00000210. The van der Waals surface area contributed by atoms with E-state index >= 15 is 0 Å². The van der Waals surface area contributed by atoms with Gasteiger partial charge < -0.3 is 15.4 Å². The lowest BCUT2D eigenvalue weighted by Gasteiger charge is -2.23. The summed E-state index contributed by atoms with van der Waals surface area (Å²) in [7, 11) is 0. The monoisotopic (exact) mass is 386 g/mol. The van der Waals surface area contributed by atoms with Crippen molar-refractivity contribution in [2.75, 3.05) is 13.1 Å². The van der Waals surface area contributed by atoms with E-state index in [0.717, 1.165) is 37.2 Å². The molecule has 4 rings (SSSR count). The molecule has 144 valence electrons. The van der Waals surface area contributed by atoms with E-state index in [1.165, 1.54) is 5.56 Å². The van der Waals surface area contributed by atoms with Gasteiger partial charge in [0.05, 0.1) is 0 Å². The van der Waals surface area contributed by atoms with Gasteiger partial charge in [0, 0.05) is 19.1 Å². The van der Waals surface area contributed by atoms with Crippen molar-refractivity contribution < 1.29 is 9.53 Å². The van der Waals surface area contributed by atoms with Gasteiger partial charge in [-0.25, -0.2) is 0 Å². The van der Waals surface area contributed by atoms with Crippen molar-refractivity contribution in [1.82, 2.24) is 4.90 Å². The zero-order valence-electron chi connectivity index (χ0n) is 15.6. The lowest BCUT2D eigenvalue weighted by atomic mass is 9.98. The Morgan fingerprint density at radius 2 is 1.70 bits per heavy atom. The summed E-state index contributed by atoms with van der Waals surface area (Å²) in [6.07, 6.45) is 1.76. The lowest BCUT2D eigenvalue weighted by Crippen LogP contribution is -2.40. The summed E-state index contributed by atoms with van der Waals surface area (Å²) in [5.74, 6) is 1.84. The molecular weight excluding hydrogens is 360 g/mol. The topological polar surface area (TPSA) is 55.6 Å². The number of fused-ring (bicyclic) bond motifs is 1. The average molecular weight is 387 g/mol. The number of benzene rings is 2. The van der Waals surface area contributed by atoms with Crippen LogP contribution in [0.4, 0.5) is 0 Å². The van der Waals surface area contributed by atoms with Crippen molar-refractivity contribution in [3.8, 4) is 16.9 Å². The second-order valence-corrected chi connectivity index (χ2v) is 7.56. The van der Waals surface area contributed by atoms with Crippen molar-refractivity contribution in [3.63, 3.8) is 0 Å². The van der Waals surface area contributed by atoms with E-state index in [1.807, 2.05) is 54.3 Å². The van der Waals surface area contributed by atoms with Crippen molar-refractivity contribution in [3.05, 3.63) is 54.6 Å². The van der Waals surface area contributed by atoms with Gasteiger partial charge in [-0.05, 0) is 54.9 Å². The van der Waals surface area contributed by atoms with Gasteiger partial charge in [0.25, 0.3) is 5.91 Å². The van der Waals surface area contributed by atoms with Crippen LogP contribution in [-0.4, -0.2) is 36.0 Å². The zero-order chi connectivity index (χ0) is 18.1. The van der Waals surface area contributed by atoms with Crippen LogP contribution in [0, 0.1) is 11.8 Å². The van der Waals surface area contributed by atoms with E-state index in [4.69, 9.17) is 10.5 Å². The molecule has 1 aliphatic carbocycles. The molecule has 4 unspecified atom stereocenters. The fourth-order valence-electron chi connectivity index (χ4n) is 4.36. The van der Waals surface area contributed by atoms with Crippen LogP contribution in [-0.2, 0) is 4.79 Å². The second kappa shape index (κ2) is 8.32. The maximum atomic E-state index is 12.7. The molecule has 2 aromatic rings. The molecule has 0 aromatic heterocycles.